The van der Waals surface area contributed by atoms with E-state index in [9.17, 15) is 18.0 Å². The van der Waals surface area contributed by atoms with Gasteiger partial charge in [0.1, 0.15) is 11.5 Å². The number of alkyl halides is 2. The second-order valence-corrected chi connectivity index (χ2v) is 9.56. The van der Waals surface area contributed by atoms with Crippen LogP contribution in [0.3, 0.4) is 0 Å². The molecule has 1 aliphatic rings. The molecule has 12 heteroatoms. The Bertz CT molecular complexity index is 1140. The lowest BCUT2D eigenvalue weighted by atomic mass is 9.88. The highest BCUT2D eigenvalue weighted by Crippen LogP contribution is 2.37. The van der Waals surface area contributed by atoms with Gasteiger partial charge in [0, 0.05) is 13.0 Å². The van der Waals surface area contributed by atoms with Gasteiger partial charge >= 0.3 is 0 Å². The Hall–Kier alpha value is -2.79. The summed E-state index contributed by atoms with van der Waals surface area (Å²) in [6.45, 7) is 2.81. The molecule has 2 unspecified atom stereocenters. The van der Waals surface area contributed by atoms with Crippen LogP contribution >= 0.6 is 22.9 Å². The van der Waals surface area contributed by atoms with Crippen LogP contribution in [0.2, 0.25) is 5.02 Å². The number of nitrogens with one attached hydrogen (secondary N) is 1. The zero-order valence-electron chi connectivity index (χ0n) is 17.7. The fourth-order valence-corrected chi connectivity index (χ4v) is 4.86. The predicted molar refractivity (Wildman–Crippen MR) is 119 cm³/mol. The van der Waals surface area contributed by atoms with E-state index in [0.29, 0.717) is 20.6 Å². The molecule has 0 saturated carbocycles. The molecule has 7 nitrogen and oxygen atoms in total. The van der Waals surface area contributed by atoms with Gasteiger partial charge in [0.2, 0.25) is 5.95 Å². The largest absolute Gasteiger partial charge is 0.352 e. The maximum absolute atomic E-state index is 14.5. The van der Waals surface area contributed by atoms with Crippen LogP contribution in [0, 0.1) is 18.7 Å². The van der Waals surface area contributed by atoms with E-state index in [-0.39, 0.29) is 24.6 Å². The lowest BCUT2D eigenvalue weighted by Gasteiger charge is -2.43. The number of pyridine rings is 1. The van der Waals surface area contributed by atoms with E-state index in [1.807, 2.05) is 0 Å². The molecule has 33 heavy (non-hydrogen) atoms. The number of hydrogen-bond donors (Lipinski definition) is 1. The number of nitrogens with zero attached hydrogens (tertiary/aromatic N) is 5. The predicted octanol–water partition coefficient (Wildman–Crippen LogP) is 4.69. The van der Waals surface area contributed by atoms with Gasteiger partial charge in [-0.3, -0.25) is 9.78 Å². The third kappa shape index (κ3) is 5.25. The van der Waals surface area contributed by atoms with Crippen LogP contribution in [0.1, 0.15) is 28.8 Å². The van der Waals surface area contributed by atoms with Crippen molar-refractivity contribution in [2.45, 2.75) is 32.2 Å². The number of likely N-dealkylation sites (tertiary alicyclic amines) is 1. The highest BCUT2D eigenvalue weighted by Gasteiger charge is 2.46. The number of carbonyl (C=O) groups excluding carboxylic acids is 1. The molecule has 0 radical (unpaired) electrons. The van der Waals surface area contributed by atoms with Crippen molar-refractivity contribution in [2.24, 2.45) is 5.92 Å². The van der Waals surface area contributed by atoms with Gasteiger partial charge in [-0.05, 0) is 25.0 Å². The summed E-state index contributed by atoms with van der Waals surface area (Å²) >= 11 is 7.00. The molecule has 174 valence electrons. The first-order valence-electron chi connectivity index (χ1n) is 10.1. The summed E-state index contributed by atoms with van der Waals surface area (Å²) in [5, 5.41) is 3.94. The molecule has 0 aromatic carbocycles. The molecule has 3 aromatic rings. The summed E-state index contributed by atoms with van der Waals surface area (Å²) in [5.41, 5.74) is 0.376. The molecule has 1 saturated heterocycles. The molecule has 1 amide bonds. The van der Waals surface area contributed by atoms with E-state index in [4.69, 9.17) is 11.6 Å². The van der Waals surface area contributed by atoms with Gasteiger partial charge in [-0.15, -0.1) is 11.3 Å². The first-order chi connectivity index (χ1) is 15.6. The summed E-state index contributed by atoms with van der Waals surface area (Å²) in [5.74, 6) is -4.42. The first kappa shape index (κ1) is 23.4. The summed E-state index contributed by atoms with van der Waals surface area (Å²) in [6, 6.07) is 2.10. The van der Waals surface area contributed by atoms with Gasteiger partial charge in [-0.2, -0.15) is 0 Å². The Kier molecular flexibility index (Phi) is 6.53. The summed E-state index contributed by atoms with van der Waals surface area (Å²) < 4.78 is 42.3. The number of rotatable bonds is 5. The molecular weight excluding hydrogens is 477 g/mol. The highest BCUT2D eigenvalue weighted by molar-refractivity contribution is 7.15. The highest BCUT2D eigenvalue weighted by atomic mass is 35.5. The number of hydrogen-bond acceptors (Lipinski definition) is 7. The second-order valence-electron chi connectivity index (χ2n) is 7.92. The number of carbonyl (C=O) groups is 1. The number of aryl methyl sites for hydroxylation is 1. The minimum Gasteiger partial charge on any atom is -0.352 e. The summed E-state index contributed by atoms with van der Waals surface area (Å²) in [7, 11) is 0. The number of piperidine rings is 1. The monoisotopic (exact) mass is 496 g/mol. The van der Waals surface area contributed by atoms with Crippen molar-refractivity contribution in [1.29, 1.82) is 0 Å². The molecule has 4 heterocycles. The van der Waals surface area contributed by atoms with Crippen LogP contribution in [0.4, 0.5) is 19.1 Å². The van der Waals surface area contributed by atoms with Gasteiger partial charge in [-0.25, -0.2) is 28.1 Å². The zero-order chi connectivity index (χ0) is 23.8. The Morgan fingerprint density at radius 2 is 2.00 bits per heavy atom. The number of amides is 1. The molecule has 4 rings (SSSR count). The zero-order valence-corrected chi connectivity index (χ0v) is 19.3. The molecule has 1 fully saturated rings. The van der Waals surface area contributed by atoms with Crippen LogP contribution < -0.4 is 5.32 Å². The van der Waals surface area contributed by atoms with E-state index in [1.54, 1.807) is 13.8 Å². The molecule has 3 aromatic heterocycles. The van der Waals surface area contributed by atoms with Crippen molar-refractivity contribution >= 4 is 34.8 Å². The minimum absolute atomic E-state index is 0.0225. The average molecular weight is 497 g/mol. The van der Waals surface area contributed by atoms with Crippen molar-refractivity contribution in [3.05, 3.63) is 52.3 Å². The minimum atomic E-state index is -3.04. The van der Waals surface area contributed by atoms with Crippen molar-refractivity contribution in [1.82, 2.24) is 24.8 Å². The second kappa shape index (κ2) is 9.22. The van der Waals surface area contributed by atoms with Crippen LogP contribution in [0.25, 0.3) is 10.6 Å². The van der Waals surface area contributed by atoms with Gasteiger partial charge in [-0.1, -0.05) is 18.5 Å². The van der Waals surface area contributed by atoms with E-state index < -0.39 is 36.2 Å². The molecule has 0 spiro atoms. The third-order valence-corrected chi connectivity index (χ3v) is 6.52. The Morgan fingerprint density at radius 3 is 2.67 bits per heavy atom. The van der Waals surface area contributed by atoms with E-state index in [0.717, 1.165) is 11.1 Å². The van der Waals surface area contributed by atoms with Crippen molar-refractivity contribution in [3.63, 3.8) is 0 Å². The molecule has 0 bridgehead atoms. The van der Waals surface area contributed by atoms with Crippen LogP contribution in [-0.2, 0) is 0 Å². The lowest BCUT2D eigenvalue weighted by molar-refractivity contribution is -0.0898. The fraction of sp³-hybridized carbons (Fsp3) is 0.381. The Labute approximate surface area is 197 Å². The van der Waals surface area contributed by atoms with Crippen LogP contribution in [0.5, 0.6) is 0 Å². The molecule has 1 N–H and O–H groups in total. The van der Waals surface area contributed by atoms with Crippen LogP contribution in [0.15, 0.2) is 30.7 Å². The van der Waals surface area contributed by atoms with E-state index in [2.05, 4.69) is 25.3 Å². The first-order valence-corrected chi connectivity index (χ1v) is 11.3. The fourth-order valence-electron chi connectivity index (χ4n) is 3.87. The van der Waals surface area contributed by atoms with Crippen molar-refractivity contribution < 1.29 is 18.0 Å². The number of halogens is 4. The maximum Gasteiger partial charge on any atom is 0.274 e. The third-order valence-electron chi connectivity index (χ3n) is 5.33. The smallest absolute Gasteiger partial charge is 0.274 e. The van der Waals surface area contributed by atoms with E-state index >= 15 is 0 Å². The topological polar surface area (TPSA) is 83.9 Å². The van der Waals surface area contributed by atoms with Gasteiger partial charge in [0.25, 0.3) is 11.8 Å². The average Bonchev–Trinajstić information content (AvgIpc) is 3.15. The molecule has 0 aliphatic carbocycles. The standard InChI is InChI=1S/C21H20ClF3N6OS/c1-11-5-21(24,25)10-31(16(11)9-29-20-27-6-13(22)7-28-20)19(32)17-18(33-12(2)30-17)15-4-3-14(23)8-26-15/h3-4,6-8,11,16H,5,9-10H2,1-2H3,(H,27,28,29). The van der Waals surface area contributed by atoms with Gasteiger partial charge < -0.3 is 10.2 Å². The molecule has 1 aliphatic heterocycles. The van der Waals surface area contributed by atoms with E-state index in [1.165, 1.54) is 35.9 Å². The normalized spacial score (nSPS) is 20.0. The summed E-state index contributed by atoms with van der Waals surface area (Å²) in [6.07, 6.45) is 3.51. The Balaban J connectivity index is 1.64. The Morgan fingerprint density at radius 1 is 1.27 bits per heavy atom. The van der Waals surface area contributed by atoms with Gasteiger partial charge in [0.05, 0.1) is 51.8 Å². The van der Waals surface area contributed by atoms with Crippen LogP contribution in [-0.4, -0.2) is 55.8 Å². The van der Waals surface area contributed by atoms with Gasteiger partial charge in [0.15, 0.2) is 0 Å². The number of anilines is 1. The van der Waals surface area contributed by atoms with Crippen molar-refractivity contribution in [2.75, 3.05) is 18.4 Å². The molecule has 2 atom stereocenters. The maximum atomic E-state index is 14.5. The number of aromatic nitrogens is 4. The SMILES string of the molecule is Cc1nc(C(=O)N2CC(F)(F)CC(C)C2CNc2ncc(Cl)cn2)c(-c2ccc(F)cn2)s1. The lowest BCUT2D eigenvalue weighted by Crippen LogP contribution is -2.57. The quantitative estimate of drug-likeness (QED) is 0.551. The summed E-state index contributed by atoms with van der Waals surface area (Å²) in [4.78, 5) is 31.5. The van der Waals surface area contributed by atoms with Crippen molar-refractivity contribution in [3.8, 4) is 10.6 Å². The molecular formula is C21H20ClF3N6OS. The number of thiazole rings is 1.